The molecule has 2 aromatic carbocycles. The molecule has 34 heavy (non-hydrogen) atoms. The van der Waals surface area contributed by atoms with Gasteiger partial charge in [0.1, 0.15) is 0 Å². The minimum absolute atomic E-state index is 0.0170. The number of aryl methyl sites for hydroxylation is 1. The number of nitrogens with zero attached hydrogens (tertiary/aromatic N) is 5. The lowest BCUT2D eigenvalue weighted by Crippen LogP contribution is -2.24. The monoisotopic (exact) mass is 474 g/mol. The highest BCUT2D eigenvalue weighted by Crippen LogP contribution is 2.42. The van der Waals surface area contributed by atoms with Gasteiger partial charge in [0.2, 0.25) is 11.9 Å². The largest absolute Gasteiger partial charge is 0.341 e. The number of aromatic nitrogens is 4. The van der Waals surface area contributed by atoms with Gasteiger partial charge in [-0.25, -0.2) is 0 Å². The average Bonchev–Trinajstić information content (AvgIpc) is 3.26. The highest BCUT2D eigenvalue weighted by molar-refractivity contribution is 8.00. The topological polar surface area (TPSA) is 68.0 Å². The van der Waals surface area contributed by atoms with Gasteiger partial charge < -0.3 is 14.8 Å². The summed E-state index contributed by atoms with van der Waals surface area (Å²) in [4.78, 5) is 15.5. The Balaban J connectivity index is 1.22. The second kappa shape index (κ2) is 8.65. The van der Waals surface area contributed by atoms with Crippen LogP contribution in [0.3, 0.4) is 0 Å². The van der Waals surface area contributed by atoms with Crippen LogP contribution in [-0.2, 0) is 11.3 Å². The maximum atomic E-state index is 13.1. The number of benzene rings is 2. The third-order valence-corrected chi connectivity index (χ3v) is 8.01. The molecule has 0 spiro atoms. The SMILES string of the molecule is CCn1c2ccccc2c2cc(NC(=O)C(C)Sc3nnc(N4CCCC4)n3C3CC3)ccc21. The van der Waals surface area contributed by atoms with Gasteiger partial charge in [-0.3, -0.25) is 9.36 Å². The van der Waals surface area contributed by atoms with Crippen molar-refractivity contribution in [1.82, 2.24) is 19.3 Å². The summed E-state index contributed by atoms with van der Waals surface area (Å²) < 4.78 is 4.59. The number of thioether (sulfide) groups is 1. The number of hydrogen-bond acceptors (Lipinski definition) is 5. The van der Waals surface area contributed by atoms with Crippen molar-refractivity contribution in [3.8, 4) is 0 Å². The third-order valence-electron chi connectivity index (χ3n) is 6.96. The maximum absolute atomic E-state index is 13.1. The number of amides is 1. The van der Waals surface area contributed by atoms with Crippen molar-refractivity contribution in [2.24, 2.45) is 0 Å². The molecular formula is C26H30N6OS. The lowest BCUT2D eigenvalue weighted by atomic mass is 10.1. The zero-order valence-corrected chi connectivity index (χ0v) is 20.5. The molecule has 7 nitrogen and oxygen atoms in total. The molecule has 1 aliphatic heterocycles. The molecule has 2 aromatic heterocycles. The molecule has 8 heteroatoms. The molecule has 2 fully saturated rings. The highest BCUT2D eigenvalue weighted by atomic mass is 32.2. The summed E-state index contributed by atoms with van der Waals surface area (Å²) in [5.74, 6) is 0.963. The minimum Gasteiger partial charge on any atom is -0.341 e. The van der Waals surface area contributed by atoms with E-state index in [9.17, 15) is 4.79 Å². The van der Waals surface area contributed by atoms with E-state index in [0.29, 0.717) is 6.04 Å². The van der Waals surface area contributed by atoms with Crippen molar-refractivity contribution in [3.63, 3.8) is 0 Å². The number of hydrogen-bond donors (Lipinski definition) is 1. The summed E-state index contributed by atoms with van der Waals surface area (Å²) in [5, 5.41) is 15.1. The predicted molar refractivity (Wildman–Crippen MR) is 139 cm³/mol. The van der Waals surface area contributed by atoms with Gasteiger partial charge in [-0.15, -0.1) is 10.2 Å². The van der Waals surface area contributed by atoms with Gasteiger partial charge in [0.15, 0.2) is 5.16 Å². The molecule has 6 rings (SSSR count). The number of rotatable bonds is 7. The third kappa shape index (κ3) is 3.74. The Labute approximate surface area is 203 Å². The second-order valence-electron chi connectivity index (χ2n) is 9.32. The van der Waals surface area contributed by atoms with Crippen molar-refractivity contribution in [2.75, 3.05) is 23.3 Å². The molecule has 1 unspecified atom stereocenters. The molecule has 0 bridgehead atoms. The van der Waals surface area contributed by atoms with Gasteiger partial charge in [0.25, 0.3) is 0 Å². The van der Waals surface area contributed by atoms with Crippen molar-refractivity contribution >= 4 is 51.1 Å². The normalized spacial score (nSPS) is 17.1. The quantitative estimate of drug-likeness (QED) is 0.360. The maximum Gasteiger partial charge on any atom is 0.237 e. The fourth-order valence-electron chi connectivity index (χ4n) is 5.06. The molecule has 1 atom stereocenters. The predicted octanol–water partition coefficient (Wildman–Crippen LogP) is 5.46. The Bertz CT molecular complexity index is 1360. The molecule has 0 radical (unpaired) electrons. The molecule has 4 aromatic rings. The van der Waals surface area contributed by atoms with Crippen molar-refractivity contribution in [1.29, 1.82) is 0 Å². The van der Waals surface area contributed by atoms with E-state index in [1.165, 1.54) is 59.3 Å². The summed E-state index contributed by atoms with van der Waals surface area (Å²) in [6, 6.07) is 15.1. The van der Waals surface area contributed by atoms with Gasteiger partial charge in [-0.1, -0.05) is 30.0 Å². The van der Waals surface area contributed by atoms with Crippen LogP contribution >= 0.6 is 11.8 Å². The molecule has 1 aliphatic carbocycles. The van der Waals surface area contributed by atoms with E-state index in [1.54, 1.807) is 0 Å². The van der Waals surface area contributed by atoms with E-state index < -0.39 is 0 Å². The van der Waals surface area contributed by atoms with E-state index in [0.717, 1.165) is 36.4 Å². The van der Waals surface area contributed by atoms with Crippen LogP contribution in [0.1, 0.15) is 45.6 Å². The Morgan fingerprint density at radius 3 is 2.62 bits per heavy atom. The van der Waals surface area contributed by atoms with Crippen LogP contribution in [0, 0.1) is 0 Å². The van der Waals surface area contributed by atoms with Crippen LogP contribution in [-0.4, -0.2) is 43.6 Å². The minimum atomic E-state index is -0.277. The Hall–Kier alpha value is -3.00. The summed E-state index contributed by atoms with van der Waals surface area (Å²) in [6.45, 7) is 7.11. The number of para-hydroxylation sites is 1. The van der Waals surface area contributed by atoms with Crippen LogP contribution in [0.4, 0.5) is 11.6 Å². The van der Waals surface area contributed by atoms with E-state index >= 15 is 0 Å². The summed E-state index contributed by atoms with van der Waals surface area (Å²) in [5.41, 5.74) is 3.24. The van der Waals surface area contributed by atoms with Gasteiger partial charge in [-0.2, -0.15) is 0 Å². The first kappa shape index (κ1) is 21.5. The molecule has 176 valence electrons. The number of fused-ring (bicyclic) bond motifs is 3. The second-order valence-corrected chi connectivity index (χ2v) is 10.6. The highest BCUT2D eigenvalue weighted by Gasteiger charge is 2.33. The summed E-state index contributed by atoms with van der Waals surface area (Å²) in [7, 11) is 0. The van der Waals surface area contributed by atoms with Gasteiger partial charge in [-0.05, 0) is 63.8 Å². The zero-order valence-electron chi connectivity index (χ0n) is 19.7. The van der Waals surface area contributed by atoms with E-state index in [4.69, 9.17) is 0 Å². The van der Waals surface area contributed by atoms with Gasteiger partial charge >= 0.3 is 0 Å². The molecular weight excluding hydrogens is 444 g/mol. The first-order valence-corrected chi connectivity index (χ1v) is 13.2. The molecule has 1 saturated carbocycles. The summed E-state index contributed by atoms with van der Waals surface area (Å²) in [6.07, 6.45) is 4.75. The number of anilines is 2. The fraction of sp³-hybridized carbons (Fsp3) is 0.423. The van der Waals surface area contributed by atoms with Crippen LogP contribution in [0.5, 0.6) is 0 Å². The lowest BCUT2D eigenvalue weighted by Gasteiger charge is -2.18. The van der Waals surface area contributed by atoms with Crippen LogP contribution < -0.4 is 10.2 Å². The first-order valence-electron chi connectivity index (χ1n) is 12.3. The van der Waals surface area contributed by atoms with Crippen LogP contribution in [0.2, 0.25) is 0 Å². The fourth-order valence-corrected chi connectivity index (χ4v) is 5.98. The number of carbonyl (C=O) groups is 1. The van der Waals surface area contributed by atoms with E-state index in [-0.39, 0.29) is 11.2 Å². The first-order chi connectivity index (χ1) is 16.6. The molecule has 1 N–H and O–H groups in total. The van der Waals surface area contributed by atoms with Crippen LogP contribution in [0.15, 0.2) is 47.6 Å². The van der Waals surface area contributed by atoms with Crippen molar-refractivity contribution < 1.29 is 4.79 Å². The Morgan fingerprint density at radius 2 is 1.85 bits per heavy atom. The smallest absolute Gasteiger partial charge is 0.237 e. The summed E-state index contributed by atoms with van der Waals surface area (Å²) >= 11 is 1.51. The standard InChI is InChI=1S/C26H30N6OS/c1-3-31-22-9-5-4-8-20(22)21-16-18(10-13-23(21)31)27-24(33)17(2)34-26-29-28-25(30-14-6-7-15-30)32(26)19-11-12-19/h4-5,8-10,13,16-17,19H,3,6-7,11-12,14-15H2,1-2H3,(H,27,33). The lowest BCUT2D eigenvalue weighted by molar-refractivity contribution is -0.115. The van der Waals surface area contributed by atoms with E-state index in [2.05, 4.69) is 72.9 Å². The van der Waals surface area contributed by atoms with Crippen molar-refractivity contribution in [2.45, 2.75) is 62.5 Å². The molecule has 1 saturated heterocycles. The van der Waals surface area contributed by atoms with E-state index in [1.807, 2.05) is 13.0 Å². The molecule has 3 heterocycles. The average molecular weight is 475 g/mol. The Kier molecular flexibility index (Phi) is 5.48. The van der Waals surface area contributed by atoms with Gasteiger partial charge in [0, 0.05) is 53.2 Å². The Morgan fingerprint density at radius 1 is 1.09 bits per heavy atom. The number of nitrogens with one attached hydrogen (secondary N) is 1. The van der Waals surface area contributed by atoms with Gasteiger partial charge in [0.05, 0.1) is 5.25 Å². The number of carbonyl (C=O) groups excluding carboxylic acids is 1. The zero-order chi connectivity index (χ0) is 23.2. The van der Waals surface area contributed by atoms with Crippen molar-refractivity contribution in [3.05, 3.63) is 42.5 Å². The van der Waals surface area contributed by atoms with Crippen LogP contribution in [0.25, 0.3) is 21.8 Å². The molecule has 1 amide bonds. The molecule has 2 aliphatic rings.